The monoisotopic (exact) mass is 368 g/mol. The van der Waals surface area contributed by atoms with Crippen LogP contribution in [0.3, 0.4) is 0 Å². The first kappa shape index (κ1) is 18.3. The molecule has 0 aliphatic rings. The second-order valence-electron chi connectivity index (χ2n) is 5.61. The zero-order valence-corrected chi connectivity index (χ0v) is 15.5. The predicted molar refractivity (Wildman–Crippen MR) is 103 cm³/mol. The zero-order valence-electron chi connectivity index (χ0n) is 15.5. The number of aromatic nitrogens is 1. The van der Waals surface area contributed by atoms with Crippen molar-refractivity contribution in [1.82, 2.24) is 4.98 Å². The Balaban J connectivity index is 2.20. The maximum atomic E-state index is 11.0. The number of methoxy groups -OCH3 is 4. The molecule has 7 nitrogen and oxygen atoms in total. The number of rotatable bonds is 7. The number of nitrogens with one attached hydrogen (secondary N) is 1. The minimum absolute atomic E-state index is 0.512. The van der Waals surface area contributed by atoms with Crippen molar-refractivity contribution < 1.29 is 23.7 Å². The molecule has 0 fully saturated rings. The molecule has 0 spiro atoms. The number of hydrogen-bond donors (Lipinski definition) is 1. The normalized spacial score (nSPS) is 10.4. The summed E-state index contributed by atoms with van der Waals surface area (Å²) in [6.45, 7) is 0. The van der Waals surface area contributed by atoms with Crippen LogP contribution in [0, 0.1) is 0 Å². The maximum Gasteiger partial charge on any atom is 0.211 e. The number of anilines is 1. The second-order valence-corrected chi connectivity index (χ2v) is 5.61. The predicted octanol–water partition coefficient (Wildman–Crippen LogP) is 3.50. The van der Waals surface area contributed by atoms with Crippen molar-refractivity contribution in [3.05, 3.63) is 36.4 Å². The van der Waals surface area contributed by atoms with E-state index < -0.39 is 0 Å². The highest BCUT2D eigenvalue weighted by Gasteiger charge is 2.15. The smallest absolute Gasteiger partial charge is 0.211 e. The van der Waals surface area contributed by atoms with Crippen molar-refractivity contribution in [3.63, 3.8) is 0 Å². The third-order valence-electron chi connectivity index (χ3n) is 4.21. The van der Waals surface area contributed by atoms with Crippen LogP contribution in [-0.2, 0) is 4.79 Å². The average Bonchev–Trinajstić information content (AvgIpc) is 2.72. The van der Waals surface area contributed by atoms with E-state index in [4.69, 9.17) is 23.9 Å². The number of carbonyl (C=O) groups excluding carboxylic acids is 1. The Bertz CT molecular complexity index is 988. The van der Waals surface area contributed by atoms with Crippen molar-refractivity contribution in [2.24, 2.45) is 0 Å². The molecular weight excluding hydrogens is 348 g/mol. The summed E-state index contributed by atoms with van der Waals surface area (Å²) in [7, 11) is 6.26. The van der Waals surface area contributed by atoms with Gasteiger partial charge in [0.25, 0.3) is 0 Å². The van der Waals surface area contributed by atoms with Crippen LogP contribution in [0.1, 0.15) is 0 Å². The van der Waals surface area contributed by atoms with E-state index >= 15 is 0 Å². The zero-order chi connectivity index (χ0) is 19.4. The standard InChI is InChI=1S/C20H20N2O5/c1-24-17-7-12-5-6-14(22-15(12)9-19(17)26-3)13-8-18(25-2)20(27-4)10-16(13)21-11-23/h5-11H,1-4H3,(H,21,23). The van der Waals surface area contributed by atoms with Crippen LogP contribution >= 0.6 is 0 Å². The number of carbonyl (C=O) groups is 1. The second kappa shape index (κ2) is 7.82. The fraction of sp³-hybridized carbons (Fsp3) is 0.200. The van der Waals surface area contributed by atoms with Gasteiger partial charge in [-0.15, -0.1) is 0 Å². The van der Waals surface area contributed by atoms with Crippen molar-refractivity contribution in [2.75, 3.05) is 33.8 Å². The Labute approximate surface area is 156 Å². The fourth-order valence-electron chi connectivity index (χ4n) is 2.87. The number of ether oxygens (including phenoxy) is 4. The summed E-state index contributed by atoms with van der Waals surface area (Å²) >= 11 is 0. The van der Waals surface area contributed by atoms with E-state index in [2.05, 4.69) is 5.32 Å². The molecule has 1 amide bonds. The summed E-state index contributed by atoms with van der Waals surface area (Å²) in [5.74, 6) is 2.28. The highest BCUT2D eigenvalue weighted by atomic mass is 16.5. The number of benzene rings is 2. The molecule has 1 aromatic heterocycles. The van der Waals surface area contributed by atoms with Crippen LogP contribution in [0.2, 0.25) is 0 Å². The Morgan fingerprint density at radius 1 is 0.815 bits per heavy atom. The first-order chi connectivity index (χ1) is 13.1. The van der Waals surface area contributed by atoms with Gasteiger partial charge < -0.3 is 24.3 Å². The van der Waals surface area contributed by atoms with Gasteiger partial charge in [-0.05, 0) is 18.2 Å². The van der Waals surface area contributed by atoms with Crippen LogP contribution in [0.4, 0.5) is 5.69 Å². The van der Waals surface area contributed by atoms with Crippen LogP contribution in [0.15, 0.2) is 36.4 Å². The third-order valence-corrected chi connectivity index (χ3v) is 4.21. The van der Waals surface area contributed by atoms with Crippen LogP contribution in [0.25, 0.3) is 22.2 Å². The summed E-state index contributed by atoms with van der Waals surface area (Å²) in [6.07, 6.45) is 0.611. The lowest BCUT2D eigenvalue weighted by atomic mass is 10.1. The van der Waals surface area contributed by atoms with Crippen molar-refractivity contribution in [1.29, 1.82) is 0 Å². The average molecular weight is 368 g/mol. The van der Waals surface area contributed by atoms with Crippen LogP contribution in [-0.4, -0.2) is 39.8 Å². The summed E-state index contributed by atoms with van der Waals surface area (Å²) < 4.78 is 21.4. The number of nitrogens with zero attached hydrogens (tertiary/aromatic N) is 1. The Kier molecular flexibility index (Phi) is 5.30. The van der Waals surface area contributed by atoms with Crippen molar-refractivity contribution >= 4 is 23.0 Å². The van der Waals surface area contributed by atoms with E-state index in [9.17, 15) is 4.79 Å². The Morgan fingerprint density at radius 3 is 2.04 bits per heavy atom. The minimum atomic E-state index is 0.512. The molecule has 27 heavy (non-hydrogen) atoms. The van der Waals surface area contributed by atoms with Crippen LogP contribution in [0.5, 0.6) is 23.0 Å². The summed E-state index contributed by atoms with van der Waals surface area (Å²) in [4.78, 5) is 15.8. The van der Waals surface area contributed by atoms with Crippen molar-refractivity contribution in [3.8, 4) is 34.3 Å². The molecule has 0 radical (unpaired) electrons. The number of amides is 1. The molecule has 0 saturated heterocycles. The first-order valence-corrected chi connectivity index (χ1v) is 8.14. The molecule has 3 rings (SSSR count). The maximum absolute atomic E-state index is 11.0. The lowest BCUT2D eigenvalue weighted by Crippen LogP contribution is -2.00. The number of hydrogen-bond acceptors (Lipinski definition) is 6. The van der Waals surface area contributed by atoms with E-state index in [0.717, 1.165) is 10.9 Å². The van der Waals surface area contributed by atoms with E-state index in [1.54, 1.807) is 33.5 Å². The molecule has 7 heteroatoms. The molecule has 0 aliphatic carbocycles. The molecule has 2 aromatic carbocycles. The molecule has 0 aliphatic heterocycles. The highest BCUT2D eigenvalue weighted by Crippen LogP contribution is 2.39. The van der Waals surface area contributed by atoms with Gasteiger partial charge in [0.05, 0.1) is 45.3 Å². The van der Waals surface area contributed by atoms with Gasteiger partial charge >= 0.3 is 0 Å². The lowest BCUT2D eigenvalue weighted by Gasteiger charge is -2.15. The van der Waals surface area contributed by atoms with Crippen molar-refractivity contribution in [2.45, 2.75) is 0 Å². The molecular formula is C20H20N2O5. The fourth-order valence-corrected chi connectivity index (χ4v) is 2.87. The molecule has 140 valence electrons. The topological polar surface area (TPSA) is 78.9 Å². The van der Waals surface area contributed by atoms with E-state index in [0.29, 0.717) is 46.4 Å². The third kappa shape index (κ3) is 3.44. The largest absolute Gasteiger partial charge is 0.493 e. The lowest BCUT2D eigenvalue weighted by molar-refractivity contribution is -0.105. The van der Waals surface area contributed by atoms with Gasteiger partial charge in [0.1, 0.15) is 0 Å². The SMILES string of the molecule is COc1cc(NC=O)c(-c2ccc3cc(OC)c(OC)cc3n2)cc1OC. The molecule has 1 heterocycles. The highest BCUT2D eigenvalue weighted by molar-refractivity contribution is 5.90. The first-order valence-electron chi connectivity index (χ1n) is 8.14. The van der Waals surface area contributed by atoms with Gasteiger partial charge in [0.15, 0.2) is 23.0 Å². The number of fused-ring (bicyclic) bond motifs is 1. The minimum Gasteiger partial charge on any atom is -0.493 e. The molecule has 0 atom stereocenters. The molecule has 3 aromatic rings. The molecule has 1 N–H and O–H groups in total. The summed E-state index contributed by atoms with van der Waals surface area (Å²) in [6, 6.07) is 10.9. The Morgan fingerprint density at radius 2 is 1.41 bits per heavy atom. The van der Waals surface area contributed by atoms with Gasteiger partial charge in [0, 0.05) is 23.1 Å². The van der Waals surface area contributed by atoms with Crippen LogP contribution < -0.4 is 24.3 Å². The Hall–Kier alpha value is -3.48. The summed E-state index contributed by atoms with van der Waals surface area (Å²) in [5.41, 5.74) is 2.67. The quantitative estimate of drug-likeness (QED) is 0.643. The molecule has 0 unspecified atom stereocenters. The van der Waals surface area contributed by atoms with Gasteiger partial charge in [-0.1, -0.05) is 6.07 Å². The van der Waals surface area contributed by atoms with Gasteiger partial charge in [0.2, 0.25) is 6.41 Å². The van der Waals surface area contributed by atoms with E-state index in [1.165, 1.54) is 7.11 Å². The van der Waals surface area contributed by atoms with E-state index in [1.807, 2.05) is 24.3 Å². The van der Waals surface area contributed by atoms with E-state index in [-0.39, 0.29) is 0 Å². The molecule has 0 saturated carbocycles. The number of pyridine rings is 1. The van der Waals surface area contributed by atoms with Gasteiger partial charge in [-0.2, -0.15) is 0 Å². The summed E-state index contributed by atoms with van der Waals surface area (Å²) in [5, 5.41) is 3.59. The van der Waals surface area contributed by atoms with Gasteiger partial charge in [-0.3, -0.25) is 4.79 Å². The molecule has 0 bridgehead atoms. The van der Waals surface area contributed by atoms with Gasteiger partial charge in [-0.25, -0.2) is 4.98 Å².